The Balaban J connectivity index is 1.56. The van der Waals surface area contributed by atoms with Gasteiger partial charge in [-0.1, -0.05) is 19.9 Å². The number of aliphatic hydroxyl groups is 5. The van der Waals surface area contributed by atoms with Crippen molar-refractivity contribution >= 4 is 35.2 Å². The normalized spacial score (nSPS) is 37.4. The minimum atomic E-state index is -2.24. The second kappa shape index (κ2) is 13.1. The molecule has 3 fully saturated rings. The van der Waals surface area contributed by atoms with Crippen molar-refractivity contribution in [3.63, 3.8) is 0 Å². The molecule has 1 aliphatic heterocycles. The number of rotatable bonds is 8. The van der Waals surface area contributed by atoms with Gasteiger partial charge in [0.2, 0.25) is 0 Å². The molecule has 2 saturated carbocycles. The Morgan fingerprint density at radius 2 is 1.90 bits per heavy atom. The first-order valence-corrected chi connectivity index (χ1v) is 16.9. The van der Waals surface area contributed by atoms with E-state index in [-0.39, 0.29) is 37.2 Å². The molecule has 0 aromatic carbocycles. The van der Waals surface area contributed by atoms with Crippen molar-refractivity contribution in [2.24, 2.45) is 16.7 Å². The van der Waals surface area contributed by atoms with Gasteiger partial charge in [-0.25, -0.2) is 9.59 Å². The number of terminal acetylenes is 1. The fourth-order valence-corrected chi connectivity index (χ4v) is 9.09. The summed E-state index contributed by atoms with van der Waals surface area (Å²) in [7, 11) is 0. The first-order valence-electron chi connectivity index (χ1n) is 16.0. The summed E-state index contributed by atoms with van der Waals surface area (Å²) in [5, 5.41) is 63.4. The molecule has 268 valence electrons. The van der Waals surface area contributed by atoms with Crippen LogP contribution in [0.4, 0.5) is 4.79 Å². The standard InChI is InChI=1S/C34H43NO13S/c1-7-8-11-45-30(42)35-23(19-10-9-12-49-19)25(39)29(41)48-18-14-34(44)28(47-17(3)36)26-32(6,20(37)13-21-33(26,43)15-46-21)27(40)24(38)22(16(18)2)31(34,4)5/h1,9-10,12,18,20-21,23-26,28,37-39,43-44H,8,11,13-15H2,2-6H3,(H,35,42)/t18-,20-,21+,23-,24+,25+,26-,28-,32+,33-,34+/m0/s1. The van der Waals surface area contributed by atoms with Gasteiger partial charge in [0.25, 0.3) is 0 Å². The van der Waals surface area contributed by atoms with Crippen LogP contribution in [0.1, 0.15) is 64.8 Å². The Morgan fingerprint density at radius 1 is 1.20 bits per heavy atom. The molecule has 4 aliphatic rings. The molecule has 15 heteroatoms. The Hall–Kier alpha value is -3.36. The maximum atomic E-state index is 14.4. The minimum Gasteiger partial charge on any atom is -0.459 e. The molecule has 3 aliphatic carbocycles. The van der Waals surface area contributed by atoms with Crippen LogP contribution in [0, 0.1) is 29.1 Å². The Morgan fingerprint density at radius 3 is 2.47 bits per heavy atom. The van der Waals surface area contributed by atoms with E-state index in [4.69, 9.17) is 25.4 Å². The molecule has 0 radical (unpaired) electrons. The van der Waals surface area contributed by atoms with E-state index in [2.05, 4.69) is 11.2 Å². The summed E-state index contributed by atoms with van der Waals surface area (Å²) in [5.41, 5.74) is -7.40. The molecule has 1 aromatic rings. The Kier molecular flexibility index (Phi) is 9.85. The van der Waals surface area contributed by atoms with Crippen LogP contribution in [0.25, 0.3) is 0 Å². The van der Waals surface area contributed by atoms with Gasteiger partial charge in [0.05, 0.1) is 24.2 Å². The number of amides is 1. The van der Waals surface area contributed by atoms with Crippen molar-refractivity contribution in [2.45, 2.75) is 108 Å². The molecule has 14 nitrogen and oxygen atoms in total. The number of Topliss-reactive ketones (excluding diaryl/α,β-unsaturated/α-hetero) is 1. The number of alkyl carbamates (subject to hydrolysis) is 1. The average Bonchev–Trinajstić information content (AvgIpc) is 3.56. The number of carbonyl (C=O) groups is 4. The molecule has 0 spiro atoms. The molecule has 0 unspecified atom stereocenters. The summed E-state index contributed by atoms with van der Waals surface area (Å²) in [6.45, 7) is 6.63. The average molecular weight is 706 g/mol. The van der Waals surface area contributed by atoms with Gasteiger partial charge in [0, 0.05) is 42.4 Å². The quantitative estimate of drug-likeness (QED) is 0.0722. The summed E-state index contributed by atoms with van der Waals surface area (Å²) in [6, 6.07) is 1.91. The van der Waals surface area contributed by atoms with Gasteiger partial charge in [-0.05, 0) is 36.4 Å². The lowest BCUT2D eigenvalue weighted by atomic mass is 9.45. The van der Waals surface area contributed by atoms with E-state index >= 15 is 0 Å². The third-order valence-electron chi connectivity index (χ3n) is 11.1. The molecule has 11 atom stereocenters. The van der Waals surface area contributed by atoms with Crippen molar-refractivity contribution < 1.29 is 63.7 Å². The second-order valence-corrected chi connectivity index (χ2v) is 15.0. The molecular weight excluding hydrogens is 662 g/mol. The fourth-order valence-electron chi connectivity index (χ4n) is 8.29. The van der Waals surface area contributed by atoms with Gasteiger partial charge >= 0.3 is 18.0 Å². The van der Waals surface area contributed by atoms with Gasteiger partial charge in [-0.2, -0.15) is 0 Å². The zero-order chi connectivity index (χ0) is 36.3. The largest absolute Gasteiger partial charge is 0.459 e. The maximum Gasteiger partial charge on any atom is 0.407 e. The van der Waals surface area contributed by atoms with Crippen LogP contribution >= 0.6 is 11.3 Å². The number of ketones is 1. The number of ether oxygens (including phenoxy) is 4. The molecule has 1 saturated heterocycles. The van der Waals surface area contributed by atoms with Crippen LogP contribution in [0.2, 0.25) is 0 Å². The van der Waals surface area contributed by atoms with E-state index in [0.29, 0.717) is 4.88 Å². The third kappa shape index (κ3) is 5.77. The highest BCUT2D eigenvalue weighted by atomic mass is 32.1. The molecule has 49 heavy (non-hydrogen) atoms. The molecule has 1 aromatic heterocycles. The topological polar surface area (TPSA) is 218 Å². The van der Waals surface area contributed by atoms with E-state index in [0.717, 1.165) is 18.3 Å². The predicted molar refractivity (Wildman–Crippen MR) is 170 cm³/mol. The van der Waals surface area contributed by atoms with Crippen molar-refractivity contribution in [1.29, 1.82) is 0 Å². The van der Waals surface area contributed by atoms with E-state index in [1.807, 2.05) is 0 Å². The summed E-state index contributed by atoms with van der Waals surface area (Å²) in [5.74, 6) is -2.11. The zero-order valence-electron chi connectivity index (χ0n) is 27.9. The van der Waals surface area contributed by atoms with E-state index in [1.165, 1.54) is 27.7 Å². The monoisotopic (exact) mass is 705 g/mol. The van der Waals surface area contributed by atoms with Crippen molar-refractivity contribution in [3.05, 3.63) is 33.5 Å². The predicted octanol–water partition coefficient (Wildman–Crippen LogP) is 0.681. The summed E-state index contributed by atoms with van der Waals surface area (Å²) in [4.78, 5) is 53.6. The molecule has 5 rings (SSSR count). The number of nitrogens with one attached hydrogen (secondary N) is 1. The van der Waals surface area contributed by atoms with Crippen molar-refractivity contribution in [3.8, 4) is 12.3 Å². The highest BCUT2D eigenvalue weighted by Gasteiger charge is 2.76. The van der Waals surface area contributed by atoms with Crippen LogP contribution < -0.4 is 5.32 Å². The highest BCUT2D eigenvalue weighted by Crippen LogP contribution is 2.63. The molecule has 2 heterocycles. The number of aliphatic hydroxyl groups excluding tert-OH is 3. The van der Waals surface area contributed by atoms with E-state index in [1.54, 1.807) is 17.5 Å². The third-order valence-corrected chi connectivity index (χ3v) is 12.0. The first kappa shape index (κ1) is 36.9. The number of carbonyl (C=O) groups excluding carboxylic acids is 4. The summed E-state index contributed by atoms with van der Waals surface area (Å²) >= 11 is 1.14. The second-order valence-electron chi connectivity index (χ2n) is 14.0. The van der Waals surface area contributed by atoms with Crippen LogP contribution in [0.5, 0.6) is 0 Å². The summed E-state index contributed by atoms with van der Waals surface area (Å²) < 4.78 is 22.2. The Bertz CT molecular complexity index is 1570. The molecular formula is C34H43NO13S. The first-order chi connectivity index (χ1) is 22.9. The fraction of sp³-hybridized carbons (Fsp3) is 0.647. The number of hydrogen-bond donors (Lipinski definition) is 6. The minimum absolute atomic E-state index is 0.0356. The number of esters is 2. The van der Waals surface area contributed by atoms with E-state index < -0.39 is 101 Å². The van der Waals surface area contributed by atoms with Gasteiger partial charge in [0.1, 0.15) is 42.2 Å². The highest BCUT2D eigenvalue weighted by molar-refractivity contribution is 7.10. The van der Waals surface area contributed by atoms with Crippen LogP contribution in [-0.4, -0.2) is 110 Å². The van der Waals surface area contributed by atoms with Gasteiger partial charge in [-0.3, -0.25) is 9.59 Å². The molecule has 6 N–H and O–H groups in total. The lowest BCUT2D eigenvalue weighted by Crippen LogP contribution is -2.81. The number of fused-ring (bicyclic) bond motifs is 5. The SMILES string of the molecule is C#CCCOC(=O)N[C@@H](c1cccs1)[C@@H](O)C(=O)O[C@H]1C[C@@]2(O)[C@@H](OC(C)=O)[C@@H]3[C@]4(O)CO[C@@H]4C[C@H](O)[C@@]3(C)C(=O)[C@H](O)C(=C1C)C2(C)C. The van der Waals surface area contributed by atoms with Gasteiger partial charge < -0.3 is 49.8 Å². The lowest BCUT2D eigenvalue weighted by Gasteiger charge is -2.66. The van der Waals surface area contributed by atoms with Crippen LogP contribution in [0.15, 0.2) is 28.7 Å². The smallest absolute Gasteiger partial charge is 0.407 e. The van der Waals surface area contributed by atoms with Crippen molar-refractivity contribution in [2.75, 3.05) is 13.2 Å². The lowest BCUT2D eigenvalue weighted by molar-refractivity contribution is -0.345. The van der Waals surface area contributed by atoms with Crippen LogP contribution in [-0.2, 0) is 33.3 Å². The zero-order valence-corrected chi connectivity index (χ0v) is 28.7. The summed E-state index contributed by atoms with van der Waals surface area (Å²) in [6.07, 6.45) is -5.67. The molecule has 1 amide bonds. The maximum absolute atomic E-state index is 14.4. The Labute approximate surface area is 287 Å². The van der Waals surface area contributed by atoms with E-state index in [9.17, 15) is 44.7 Å². The molecule has 2 bridgehead atoms. The van der Waals surface area contributed by atoms with Crippen LogP contribution in [0.3, 0.4) is 0 Å². The number of hydrogen-bond acceptors (Lipinski definition) is 14. The van der Waals surface area contributed by atoms with Gasteiger partial charge in [0.15, 0.2) is 11.9 Å². The number of thiophene rings is 1. The van der Waals surface area contributed by atoms with Crippen molar-refractivity contribution in [1.82, 2.24) is 5.32 Å². The van der Waals surface area contributed by atoms with Gasteiger partial charge in [-0.15, -0.1) is 23.7 Å².